The molecule has 1 fully saturated rings. The Labute approximate surface area is 125 Å². The molecule has 2 aromatic rings. The molecule has 0 radical (unpaired) electrons. The fraction of sp³-hybridized carbons (Fsp3) is 0.412. The van der Waals surface area contributed by atoms with Crippen LogP contribution in [0.2, 0.25) is 0 Å². The summed E-state index contributed by atoms with van der Waals surface area (Å²) in [6.45, 7) is 5.06. The van der Waals surface area contributed by atoms with Crippen molar-refractivity contribution in [2.24, 2.45) is 0 Å². The zero-order chi connectivity index (χ0) is 14.7. The Balaban J connectivity index is 1.91. The summed E-state index contributed by atoms with van der Waals surface area (Å²) in [5, 5.41) is 3.38. The zero-order valence-corrected chi connectivity index (χ0v) is 12.6. The van der Waals surface area contributed by atoms with E-state index in [0.717, 1.165) is 35.9 Å². The van der Waals surface area contributed by atoms with Crippen LogP contribution in [-0.2, 0) is 0 Å². The van der Waals surface area contributed by atoms with E-state index in [1.54, 1.807) is 0 Å². The van der Waals surface area contributed by atoms with Crippen LogP contribution in [0, 0.1) is 6.92 Å². The maximum Gasteiger partial charge on any atom is 0.227 e. The molecular weight excluding hydrogens is 262 g/mol. The first-order valence-electron chi connectivity index (χ1n) is 7.63. The fourth-order valence-electron chi connectivity index (χ4n) is 2.15. The van der Waals surface area contributed by atoms with E-state index in [1.165, 1.54) is 12.8 Å². The molecular formula is C17H21N3O. The summed E-state index contributed by atoms with van der Waals surface area (Å²) in [6.07, 6.45) is 3.43. The lowest BCUT2D eigenvalue weighted by Crippen LogP contribution is -2.08. The van der Waals surface area contributed by atoms with Crippen LogP contribution in [0.15, 0.2) is 30.3 Å². The van der Waals surface area contributed by atoms with Crippen molar-refractivity contribution in [1.82, 2.24) is 9.97 Å². The molecule has 110 valence electrons. The smallest absolute Gasteiger partial charge is 0.227 e. The number of nitrogens with one attached hydrogen (secondary N) is 1. The van der Waals surface area contributed by atoms with Gasteiger partial charge in [0.25, 0.3) is 0 Å². The first-order chi connectivity index (χ1) is 10.3. The van der Waals surface area contributed by atoms with E-state index in [2.05, 4.69) is 22.2 Å². The normalized spacial score (nSPS) is 14.0. The molecule has 1 aromatic carbocycles. The van der Waals surface area contributed by atoms with Gasteiger partial charge in [-0.2, -0.15) is 4.98 Å². The van der Waals surface area contributed by atoms with Crippen LogP contribution < -0.4 is 10.1 Å². The standard InChI is InChI=1S/C17H21N3O/c1-3-11-18-15-12(2)17(20-16(19-15)13-9-10-13)21-14-7-5-4-6-8-14/h4-8,13H,3,9-11H2,1-2H3,(H,18,19,20). The molecule has 0 spiro atoms. The molecule has 4 heteroatoms. The third kappa shape index (κ3) is 3.32. The fourth-order valence-corrected chi connectivity index (χ4v) is 2.15. The van der Waals surface area contributed by atoms with Crippen LogP contribution in [0.1, 0.15) is 43.5 Å². The quantitative estimate of drug-likeness (QED) is 0.859. The maximum atomic E-state index is 5.96. The topological polar surface area (TPSA) is 47.0 Å². The van der Waals surface area contributed by atoms with E-state index in [9.17, 15) is 0 Å². The molecule has 21 heavy (non-hydrogen) atoms. The van der Waals surface area contributed by atoms with E-state index in [-0.39, 0.29) is 0 Å². The Morgan fingerprint density at radius 2 is 1.95 bits per heavy atom. The Bertz CT molecular complexity index is 609. The number of anilines is 1. The lowest BCUT2D eigenvalue weighted by atomic mass is 10.3. The molecule has 0 saturated heterocycles. The van der Waals surface area contributed by atoms with Gasteiger partial charge in [0.15, 0.2) is 0 Å². The van der Waals surface area contributed by atoms with Gasteiger partial charge in [-0.15, -0.1) is 0 Å². The van der Waals surface area contributed by atoms with Gasteiger partial charge in [-0.3, -0.25) is 0 Å². The number of hydrogen-bond acceptors (Lipinski definition) is 4. The van der Waals surface area contributed by atoms with E-state index in [0.29, 0.717) is 11.8 Å². The highest BCUT2D eigenvalue weighted by Gasteiger charge is 2.28. The minimum Gasteiger partial charge on any atom is -0.439 e. The van der Waals surface area contributed by atoms with Crippen LogP contribution >= 0.6 is 0 Å². The number of ether oxygens (including phenoxy) is 1. The van der Waals surface area contributed by atoms with E-state index in [4.69, 9.17) is 4.74 Å². The molecule has 0 atom stereocenters. The highest BCUT2D eigenvalue weighted by molar-refractivity contribution is 5.50. The van der Waals surface area contributed by atoms with Gasteiger partial charge in [0.2, 0.25) is 5.88 Å². The van der Waals surface area contributed by atoms with Gasteiger partial charge in [0, 0.05) is 12.5 Å². The first kappa shape index (κ1) is 13.9. The molecule has 0 aliphatic heterocycles. The molecule has 4 nitrogen and oxygen atoms in total. The summed E-state index contributed by atoms with van der Waals surface area (Å²) in [5.74, 6) is 3.79. The van der Waals surface area contributed by atoms with Crippen LogP contribution in [0.4, 0.5) is 5.82 Å². The van der Waals surface area contributed by atoms with Crippen molar-refractivity contribution in [2.45, 2.75) is 39.0 Å². The monoisotopic (exact) mass is 283 g/mol. The second kappa shape index (κ2) is 6.12. The summed E-state index contributed by atoms with van der Waals surface area (Å²) >= 11 is 0. The molecule has 1 aromatic heterocycles. The van der Waals surface area contributed by atoms with E-state index < -0.39 is 0 Å². The molecule has 0 bridgehead atoms. The van der Waals surface area contributed by atoms with Crippen LogP contribution in [0.5, 0.6) is 11.6 Å². The Hall–Kier alpha value is -2.10. The molecule has 0 unspecified atom stereocenters. The summed E-state index contributed by atoms with van der Waals surface area (Å²) < 4.78 is 5.96. The largest absolute Gasteiger partial charge is 0.439 e. The minimum atomic E-state index is 0.505. The molecule has 1 aliphatic rings. The van der Waals surface area contributed by atoms with Gasteiger partial charge in [0.1, 0.15) is 17.4 Å². The number of hydrogen-bond donors (Lipinski definition) is 1. The van der Waals surface area contributed by atoms with Crippen molar-refractivity contribution >= 4 is 5.82 Å². The van der Waals surface area contributed by atoms with Gasteiger partial charge in [-0.1, -0.05) is 25.1 Å². The summed E-state index contributed by atoms with van der Waals surface area (Å²) in [7, 11) is 0. The number of nitrogens with zero attached hydrogens (tertiary/aromatic N) is 2. The zero-order valence-electron chi connectivity index (χ0n) is 12.6. The van der Waals surface area contributed by atoms with Crippen molar-refractivity contribution in [3.8, 4) is 11.6 Å². The van der Waals surface area contributed by atoms with E-state index in [1.807, 2.05) is 37.3 Å². The van der Waals surface area contributed by atoms with E-state index >= 15 is 0 Å². The summed E-state index contributed by atoms with van der Waals surface area (Å²) in [5.41, 5.74) is 0.969. The van der Waals surface area contributed by atoms with Crippen molar-refractivity contribution in [2.75, 3.05) is 11.9 Å². The second-order valence-corrected chi connectivity index (χ2v) is 5.48. The summed E-state index contributed by atoms with van der Waals surface area (Å²) in [6, 6.07) is 9.78. The van der Waals surface area contributed by atoms with Gasteiger partial charge in [0.05, 0.1) is 5.56 Å². The average Bonchev–Trinajstić information content (AvgIpc) is 3.34. The first-order valence-corrected chi connectivity index (χ1v) is 7.63. The Morgan fingerprint density at radius 1 is 1.19 bits per heavy atom. The molecule has 0 amide bonds. The number of rotatable bonds is 6. The van der Waals surface area contributed by atoms with Crippen LogP contribution in [0.25, 0.3) is 0 Å². The lowest BCUT2D eigenvalue weighted by Gasteiger charge is -2.14. The highest BCUT2D eigenvalue weighted by Crippen LogP contribution is 2.40. The average molecular weight is 283 g/mol. The molecule has 1 saturated carbocycles. The predicted octanol–water partition coefficient (Wildman–Crippen LogP) is 4.28. The SMILES string of the molecule is CCCNc1nc(C2CC2)nc(Oc2ccccc2)c1C. The predicted molar refractivity (Wildman–Crippen MR) is 84.0 cm³/mol. The molecule has 1 heterocycles. The molecule has 1 aliphatic carbocycles. The second-order valence-electron chi connectivity index (χ2n) is 5.48. The third-order valence-electron chi connectivity index (χ3n) is 3.56. The van der Waals surface area contributed by atoms with Gasteiger partial charge in [-0.05, 0) is 38.3 Å². The van der Waals surface area contributed by atoms with Gasteiger partial charge >= 0.3 is 0 Å². The maximum absolute atomic E-state index is 5.96. The van der Waals surface area contributed by atoms with Crippen molar-refractivity contribution in [1.29, 1.82) is 0 Å². The highest BCUT2D eigenvalue weighted by atomic mass is 16.5. The number of benzene rings is 1. The molecule has 1 N–H and O–H groups in total. The lowest BCUT2D eigenvalue weighted by molar-refractivity contribution is 0.455. The van der Waals surface area contributed by atoms with Crippen LogP contribution in [0.3, 0.4) is 0 Å². The summed E-state index contributed by atoms with van der Waals surface area (Å²) in [4.78, 5) is 9.30. The van der Waals surface area contributed by atoms with Crippen molar-refractivity contribution in [3.63, 3.8) is 0 Å². The van der Waals surface area contributed by atoms with Gasteiger partial charge in [-0.25, -0.2) is 4.98 Å². The van der Waals surface area contributed by atoms with Crippen molar-refractivity contribution < 1.29 is 4.74 Å². The number of aromatic nitrogens is 2. The van der Waals surface area contributed by atoms with Crippen LogP contribution in [-0.4, -0.2) is 16.5 Å². The third-order valence-corrected chi connectivity index (χ3v) is 3.56. The minimum absolute atomic E-state index is 0.505. The van der Waals surface area contributed by atoms with Crippen molar-refractivity contribution in [3.05, 3.63) is 41.7 Å². The Morgan fingerprint density at radius 3 is 2.62 bits per heavy atom. The Kier molecular flexibility index (Phi) is 4.04. The van der Waals surface area contributed by atoms with Gasteiger partial charge < -0.3 is 10.1 Å². The number of para-hydroxylation sites is 1. The molecule has 3 rings (SSSR count).